The van der Waals surface area contributed by atoms with Crippen molar-refractivity contribution in [2.45, 2.75) is 24.8 Å². The summed E-state index contributed by atoms with van der Waals surface area (Å²) in [6.45, 7) is 1.27. The largest absolute Gasteiger partial charge is 0.493 e. The summed E-state index contributed by atoms with van der Waals surface area (Å²) in [6.07, 6.45) is -0.620. The van der Waals surface area contributed by atoms with Crippen LogP contribution in [-0.2, 0) is 9.59 Å². The number of hydrogen-bond donors (Lipinski definition) is 5. The maximum atomic E-state index is 13.2. The van der Waals surface area contributed by atoms with Gasteiger partial charge in [0.15, 0.2) is 5.54 Å². The maximum Gasteiger partial charge on any atom is 0.331 e. The molecule has 1 aromatic heterocycles. The van der Waals surface area contributed by atoms with Crippen LogP contribution >= 0.6 is 0 Å². The molecule has 0 radical (unpaired) electrons. The Bertz CT molecular complexity index is 1220. The third-order valence-electron chi connectivity index (χ3n) is 5.52. The number of nitrogens with zero attached hydrogens (tertiary/aromatic N) is 3. The molecule has 33 heavy (non-hydrogen) atoms. The minimum atomic E-state index is -2.04. The number of aromatic hydroxyl groups is 1. The molecule has 0 saturated carbocycles. The summed E-state index contributed by atoms with van der Waals surface area (Å²) in [6, 6.07) is 12.4. The molecule has 1 unspecified atom stereocenters. The number of hydrazine groups is 1. The van der Waals surface area contributed by atoms with E-state index in [0.29, 0.717) is 5.52 Å². The molecular weight excluding hydrogens is 430 g/mol. The quantitative estimate of drug-likeness (QED) is 0.314. The van der Waals surface area contributed by atoms with Gasteiger partial charge in [-0.25, -0.2) is 15.2 Å². The summed E-state index contributed by atoms with van der Waals surface area (Å²) in [7, 11) is 1.38. The molecule has 1 heterocycles. The number of carboxylic acid groups (broad SMARTS) is 2. The number of carbonyl (C=O) groups excluding carboxylic acids is 1. The normalized spacial score (nSPS) is 13.8. The Morgan fingerprint density at radius 3 is 2.36 bits per heavy atom. The number of fused-ring (bicyclic) bond motifs is 1. The van der Waals surface area contributed by atoms with Crippen molar-refractivity contribution in [3.8, 4) is 5.88 Å². The van der Waals surface area contributed by atoms with E-state index in [1.165, 1.54) is 44.3 Å². The van der Waals surface area contributed by atoms with Crippen LogP contribution in [-0.4, -0.2) is 60.7 Å². The lowest BCUT2D eigenvalue weighted by Gasteiger charge is -2.42. The summed E-state index contributed by atoms with van der Waals surface area (Å²) >= 11 is 0. The number of amides is 1. The Balaban J connectivity index is 2.20. The number of nitrogens with one attached hydrogen (secondary N) is 1. The fourth-order valence-electron chi connectivity index (χ4n) is 3.83. The molecule has 0 bridgehead atoms. The van der Waals surface area contributed by atoms with Crippen LogP contribution in [0.1, 0.15) is 35.2 Å². The van der Waals surface area contributed by atoms with Gasteiger partial charge in [0.05, 0.1) is 17.3 Å². The van der Waals surface area contributed by atoms with E-state index in [0.717, 1.165) is 5.01 Å². The SMILES string of the molecule is CNN(C(=O)c1ccccc1)[C@](C)(C(=O)O)C(CC(=O)O)c1ccc2nc(N)nc(O)c2c1. The molecule has 0 fully saturated rings. The standard InChI is InChI=1S/C22H23N5O6/c1-22(20(32)33,27(24-2)19(31)12-6-4-3-5-7-12)15(11-17(28)29)13-8-9-16-14(10-13)18(30)26-21(23)25-16/h3-10,15,24H,11H2,1-2H3,(H,28,29)(H,32,33)(H3,23,25,26,30)/t15?,22-/m0/s1. The number of nitrogen functional groups attached to an aromatic ring is 1. The van der Waals surface area contributed by atoms with Gasteiger partial charge in [0.2, 0.25) is 11.8 Å². The third kappa shape index (κ3) is 4.39. The van der Waals surface area contributed by atoms with Crippen LogP contribution in [0.4, 0.5) is 5.95 Å². The number of hydrogen-bond acceptors (Lipinski definition) is 8. The number of nitrogens with two attached hydrogens (primary N) is 1. The highest BCUT2D eigenvalue weighted by molar-refractivity contribution is 5.98. The Morgan fingerprint density at radius 1 is 1.12 bits per heavy atom. The molecule has 2 atom stereocenters. The average molecular weight is 453 g/mol. The van der Waals surface area contributed by atoms with Crippen LogP contribution in [0.2, 0.25) is 0 Å². The van der Waals surface area contributed by atoms with Crippen molar-refractivity contribution in [3.05, 3.63) is 59.7 Å². The molecule has 0 saturated heterocycles. The van der Waals surface area contributed by atoms with E-state index in [9.17, 15) is 29.7 Å². The second-order valence-electron chi connectivity index (χ2n) is 7.52. The van der Waals surface area contributed by atoms with E-state index in [4.69, 9.17) is 5.73 Å². The van der Waals surface area contributed by atoms with Gasteiger partial charge in [0.1, 0.15) is 0 Å². The van der Waals surface area contributed by atoms with Crippen molar-refractivity contribution in [2.24, 2.45) is 0 Å². The highest BCUT2D eigenvalue weighted by Gasteiger charge is 2.50. The first-order valence-corrected chi connectivity index (χ1v) is 9.87. The molecule has 11 heteroatoms. The monoisotopic (exact) mass is 453 g/mol. The van der Waals surface area contributed by atoms with Crippen LogP contribution in [0, 0.1) is 0 Å². The topological polar surface area (TPSA) is 179 Å². The minimum Gasteiger partial charge on any atom is -0.493 e. The summed E-state index contributed by atoms with van der Waals surface area (Å²) in [5.74, 6) is -5.16. The second kappa shape index (κ2) is 9.09. The summed E-state index contributed by atoms with van der Waals surface area (Å²) < 4.78 is 0. The van der Waals surface area contributed by atoms with Gasteiger partial charge in [-0.05, 0) is 36.8 Å². The zero-order valence-corrected chi connectivity index (χ0v) is 17.9. The maximum absolute atomic E-state index is 13.2. The highest BCUT2D eigenvalue weighted by Crippen LogP contribution is 2.38. The van der Waals surface area contributed by atoms with E-state index in [1.807, 2.05) is 0 Å². The number of carbonyl (C=O) groups is 3. The first-order valence-electron chi connectivity index (χ1n) is 9.87. The zero-order chi connectivity index (χ0) is 24.3. The molecule has 3 rings (SSSR count). The van der Waals surface area contributed by atoms with Gasteiger partial charge in [-0.1, -0.05) is 24.3 Å². The molecule has 2 aromatic carbocycles. The lowest BCUT2D eigenvalue weighted by molar-refractivity contribution is -0.153. The van der Waals surface area contributed by atoms with Crippen LogP contribution in [0.3, 0.4) is 0 Å². The molecule has 0 aliphatic carbocycles. The number of aliphatic carboxylic acids is 2. The van der Waals surface area contributed by atoms with Gasteiger partial charge in [-0.3, -0.25) is 14.6 Å². The number of benzene rings is 2. The molecule has 11 nitrogen and oxygen atoms in total. The first-order chi connectivity index (χ1) is 15.6. The minimum absolute atomic E-state index is 0.153. The molecule has 0 spiro atoms. The van der Waals surface area contributed by atoms with Gasteiger partial charge in [-0.15, -0.1) is 0 Å². The van der Waals surface area contributed by atoms with Crippen LogP contribution in [0.25, 0.3) is 10.9 Å². The average Bonchev–Trinajstić information content (AvgIpc) is 2.77. The van der Waals surface area contributed by atoms with Crippen LogP contribution in [0.5, 0.6) is 5.88 Å². The van der Waals surface area contributed by atoms with Gasteiger partial charge in [0, 0.05) is 18.5 Å². The van der Waals surface area contributed by atoms with E-state index in [-0.39, 0.29) is 22.5 Å². The molecule has 0 aliphatic rings. The fraction of sp³-hybridized carbons (Fsp3) is 0.227. The van der Waals surface area contributed by atoms with Crippen molar-refractivity contribution in [2.75, 3.05) is 12.8 Å². The number of anilines is 1. The van der Waals surface area contributed by atoms with Gasteiger partial charge in [-0.2, -0.15) is 4.98 Å². The zero-order valence-electron chi connectivity index (χ0n) is 17.9. The van der Waals surface area contributed by atoms with E-state index in [1.54, 1.807) is 18.2 Å². The Kier molecular flexibility index (Phi) is 6.45. The van der Waals surface area contributed by atoms with Crippen molar-refractivity contribution in [1.82, 2.24) is 20.4 Å². The summed E-state index contributed by atoms with van der Waals surface area (Å²) in [5.41, 5.74) is 6.89. The number of carboxylic acids is 2. The Hall–Kier alpha value is -4.25. The van der Waals surface area contributed by atoms with E-state index in [2.05, 4.69) is 15.4 Å². The van der Waals surface area contributed by atoms with Crippen molar-refractivity contribution < 1.29 is 29.7 Å². The van der Waals surface area contributed by atoms with Gasteiger partial charge in [0.25, 0.3) is 5.91 Å². The molecule has 6 N–H and O–H groups in total. The molecular formula is C22H23N5O6. The Morgan fingerprint density at radius 2 is 1.79 bits per heavy atom. The van der Waals surface area contributed by atoms with E-state index >= 15 is 0 Å². The third-order valence-corrected chi connectivity index (χ3v) is 5.52. The highest BCUT2D eigenvalue weighted by atomic mass is 16.4. The van der Waals surface area contributed by atoms with Crippen molar-refractivity contribution in [3.63, 3.8) is 0 Å². The van der Waals surface area contributed by atoms with Crippen molar-refractivity contribution in [1.29, 1.82) is 0 Å². The first kappa shape index (κ1) is 23.4. The summed E-state index contributed by atoms with van der Waals surface area (Å²) in [5, 5.41) is 31.1. The lowest BCUT2D eigenvalue weighted by Crippen LogP contribution is -2.63. The van der Waals surface area contributed by atoms with Gasteiger partial charge < -0.3 is 21.1 Å². The predicted octanol–water partition coefficient (Wildman–Crippen LogP) is 1.60. The molecule has 0 aliphatic heterocycles. The second-order valence-corrected chi connectivity index (χ2v) is 7.52. The number of rotatable bonds is 8. The van der Waals surface area contributed by atoms with Crippen LogP contribution in [0.15, 0.2) is 48.5 Å². The fourth-order valence-corrected chi connectivity index (χ4v) is 3.83. The smallest absolute Gasteiger partial charge is 0.331 e. The molecule has 3 aromatic rings. The molecule has 172 valence electrons. The van der Waals surface area contributed by atoms with Crippen LogP contribution < -0.4 is 11.2 Å². The van der Waals surface area contributed by atoms with Crippen molar-refractivity contribution >= 4 is 34.7 Å². The van der Waals surface area contributed by atoms with E-state index < -0.39 is 41.6 Å². The number of aromatic nitrogens is 2. The molecule has 1 amide bonds. The summed E-state index contributed by atoms with van der Waals surface area (Å²) in [4.78, 5) is 45.3. The lowest BCUT2D eigenvalue weighted by atomic mass is 9.77. The predicted molar refractivity (Wildman–Crippen MR) is 118 cm³/mol. The Labute approximate surface area is 188 Å². The van der Waals surface area contributed by atoms with Gasteiger partial charge >= 0.3 is 11.9 Å².